The first-order valence-corrected chi connectivity index (χ1v) is 7.00. The summed E-state index contributed by atoms with van der Waals surface area (Å²) in [5, 5.41) is 9.15. The van der Waals surface area contributed by atoms with Gasteiger partial charge in [-0.15, -0.1) is 0 Å². The zero-order valence-electron chi connectivity index (χ0n) is 11.9. The highest BCUT2D eigenvalue weighted by Crippen LogP contribution is 2.28. The van der Waals surface area contributed by atoms with Crippen LogP contribution in [-0.4, -0.2) is 10.1 Å². The van der Waals surface area contributed by atoms with E-state index < -0.39 is 17.3 Å². The lowest BCUT2D eigenvalue weighted by atomic mass is 9.99. The van der Waals surface area contributed by atoms with Crippen molar-refractivity contribution < 1.29 is 18.3 Å². The fourth-order valence-corrected chi connectivity index (χ4v) is 2.64. The summed E-state index contributed by atoms with van der Waals surface area (Å²) in [6.07, 6.45) is 1.20. The molecule has 0 saturated heterocycles. The third-order valence-corrected chi connectivity index (χ3v) is 3.87. The minimum Gasteiger partial charge on any atom is -0.508 e. The number of fused-ring (bicyclic) bond motifs is 1. The fraction of sp³-hybridized carbons (Fsp3) is 0.125. The van der Waals surface area contributed by atoms with E-state index in [4.69, 9.17) is 16.0 Å². The predicted octanol–water partition coefficient (Wildman–Crippen LogP) is 3.72. The Morgan fingerprint density at radius 2 is 2.09 bits per heavy atom. The lowest BCUT2D eigenvalue weighted by Gasteiger charge is -2.09. The van der Waals surface area contributed by atoms with Crippen LogP contribution in [0.25, 0.3) is 11.0 Å². The molecule has 0 bridgehead atoms. The zero-order valence-corrected chi connectivity index (χ0v) is 12.6. The number of aromatic nitrogens is 1. The van der Waals surface area contributed by atoms with Crippen molar-refractivity contribution in [1.29, 1.82) is 0 Å². The monoisotopic (exact) mass is 337 g/mol. The van der Waals surface area contributed by atoms with Gasteiger partial charge < -0.3 is 9.52 Å². The Balaban J connectivity index is 2.22. The molecule has 118 valence electrons. The van der Waals surface area contributed by atoms with Crippen LogP contribution < -0.4 is 5.63 Å². The number of aryl methyl sites for hydroxylation is 1. The lowest BCUT2D eigenvalue weighted by molar-refractivity contribution is 0.466. The summed E-state index contributed by atoms with van der Waals surface area (Å²) in [4.78, 5) is 15.7. The number of phenolic OH excluding ortho intramolecular Hbond substituents is 1. The highest BCUT2D eigenvalue weighted by atomic mass is 35.5. The van der Waals surface area contributed by atoms with E-state index >= 15 is 0 Å². The number of hydrogen-bond donors (Lipinski definition) is 1. The van der Waals surface area contributed by atoms with Crippen LogP contribution in [0.3, 0.4) is 0 Å². The van der Waals surface area contributed by atoms with E-state index in [9.17, 15) is 18.7 Å². The Bertz CT molecular complexity index is 985. The minimum atomic E-state index is -0.737. The quantitative estimate of drug-likeness (QED) is 0.572. The van der Waals surface area contributed by atoms with Crippen molar-refractivity contribution >= 4 is 22.6 Å². The number of aromatic hydroxyl groups is 1. The Morgan fingerprint density at radius 3 is 2.83 bits per heavy atom. The summed E-state index contributed by atoms with van der Waals surface area (Å²) < 4.78 is 33.1. The molecule has 0 radical (unpaired) electrons. The van der Waals surface area contributed by atoms with Crippen LogP contribution in [0, 0.1) is 18.6 Å². The normalized spacial score (nSPS) is 11.1. The second-order valence-electron chi connectivity index (χ2n) is 5.05. The average molecular weight is 338 g/mol. The Morgan fingerprint density at radius 1 is 1.35 bits per heavy atom. The van der Waals surface area contributed by atoms with Gasteiger partial charge in [0.1, 0.15) is 17.1 Å². The minimum absolute atomic E-state index is 0.0676. The molecule has 0 aliphatic heterocycles. The van der Waals surface area contributed by atoms with Gasteiger partial charge in [-0.3, -0.25) is 0 Å². The summed E-state index contributed by atoms with van der Waals surface area (Å²) in [6.45, 7) is 1.54. The molecule has 23 heavy (non-hydrogen) atoms. The number of halogens is 3. The van der Waals surface area contributed by atoms with E-state index in [-0.39, 0.29) is 39.4 Å². The summed E-state index contributed by atoms with van der Waals surface area (Å²) >= 11 is 5.62. The van der Waals surface area contributed by atoms with E-state index in [2.05, 4.69) is 4.98 Å². The van der Waals surface area contributed by atoms with Gasteiger partial charge >= 0.3 is 5.63 Å². The van der Waals surface area contributed by atoms with Gasteiger partial charge in [0.05, 0.1) is 5.39 Å². The SMILES string of the molecule is Cc1c(Cc2ccnc(Cl)c2F)c(=O)oc2cc(O)cc(F)c12. The first-order chi connectivity index (χ1) is 10.9. The second kappa shape index (κ2) is 5.62. The van der Waals surface area contributed by atoms with Gasteiger partial charge in [0.25, 0.3) is 0 Å². The van der Waals surface area contributed by atoms with Crippen LogP contribution in [0.5, 0.6) is 5.75 Å². The largest absolute Gasteiger partial charge is 0.508 e. The fourth-order valence-electron chi connectivity index (χ4n) is 2.46. The molecule has 2 aromatic heterocycles. The Hall–Kier alpha value is -2.47. The van der Waals surface area contributed by atoms with E-state index in [1.165, 1.54) is 19.2 Å². The van der Waals surface area contributed by atoms with Crippen molar-refractivity contribution in [1.82, 2.24) is 4.98 Å². The van der Waals surface area contributed by atoms with Crippen LogP contribution in [0.1, 0.15) is 16.7 Å². The molecule has 3 aromatic rings. The molecule has 0 spiro atoms. The molecule has 0 aliphatic carbocycles. The van der Waals surface area contributed by atoms with Crippen molar-refractivity contribution in [2.75, 3.05) is 0 Å². The van der Waals surface area contributed by atoms with Gasteiger partial charge in [0, 0.05) is 30.3 Å². The highest BCUT2D eigenvalue weighted by molar-refractivity contribution is 6.29. The van der Waals surface area contributed by atoms with Crippen molar-refractivity contribution in [3.05, 3.63) is 68.3 Å². The smallest absolute Gasteiger partial charge is 0.340 e. The van der Waals surface area contributed by atoms with Crippen LogP contribution >= 0.6 is 11.6 Å². The molecule has 0 amide bonds. The summed E-state index contributed by atoms with van der Waals surface area (Å²) in [6, 6.07) is 3.46. The van der Waals surface area contributed by atoms with Crippen molar-refractivity contribution in [2.45, 2.75) is 13.3 Å². The summed E-state index contributed by atoms with van der Waals surface area (Å²) in [7, 11) is 0. The number of benzene rings is 1. The standard InChI is InChI=1S/C16H10ClF2NO3/c1-7-10(4-8-2-3-20-15(17)14(8)19)16(22)23-12-6-9(21)5-11(18)13(7)12/h2-3,5-6,21H,4H2,1H3. The molecule has 0 atom stereocenters. The van der Waals surface area contributed by atoms with Gasteiger partial charge in [0.2, 0.25) is 0 Å². The van der Waals surface area contributed by atoms with Crippen LogP contribution in [0.2, 0.25) is 5.15 Å². The average Bonchev–Trinajstić information content (AvgIpc) is 2.46. The molecule has 2 heterocycles. The van der Waals surface area contributed by atoms with Crippen molar-refractivity contribution in [3.63, 3.8) is 0 Å². The van der Waals surface area contributed by atoms with Crippen molar-refractivity contribution in [2.24, 2.45) is 0 Å². The van der Waals surface area contributed by atoms with Gasteiger partial charge in [-0.1, -0.05) is 11.6 Å². The Kier molecular flexibility index (Phi) is 3.77. The number of nitrogens with zero attached hydrogens (tertiary/aromatic N) is 1. The molecule has 7 heteroatoms. The van der Waals surface area contributed by atoms with Gasteiger partial charge in [0.15, 0.2) is 11.0 Å². The predicted molar refractivity (Wildman–Crippen MR) is 80.9 cm³/mol. The summed E-state index contributed by atoms with van der Waals surface area (Å²) in [5.41, 5.74) is -0.211. The van der Waals surface area contributed by atoms with E-state index in [0.29, 0.717) is 5.56 Å². The molecule has 1 N–H and O–H groups in total. The zero-order chi connectivity index (χ0) is 16.7. The molecular formula is C16H10ClF2NO3. The maximum atomic E-state index is 14.1. The molecule has 3 rings (SSSR count). The molecule has 0 unspecified atom stereocenters. The number of pyridine rings is 1. The summed E-state index contributed by atoms with van der Waals surface area (Å²) in [5.74, 6) is -1.81. The van der Waals surface area contributed by atoms with Crippen LogP contribution in [0.15, 0.2) is 33.6 Å². The van der Waals surface area contributed by atoms with E-state index in [0.717, 1.165) is 12.1 Å². The third-order valence-electron chi connectivity index (χ3n) is 3.61. The van der Waals surface area contributed by atoms with E-state index in [1.54, 1.807) is 0 Å². The first kappa shape index (κ1) is 15.4. The maximum absolute atomic E-state index is 14.1. The Labute approximate surface area is 134 Å². The third kappa shape index (κ3) is 2.66. The second-order valence-corrected chi connectivity index (χ2v) is 5.40. The maximum Gasteiger partial charge on any atom is 0.340 e. The lowest BCUT2D eigenvalue weighted by Crippen LogP contribution is -2.12. The van der Waals surface area contributed by atoms with Gasteiger partial charge in [-0.25, -0.2) is 18.6 Å². The molecule has 0 fully saturated rings. The number of phenols is 1. The van der Waals surface area contributed by atoms with E-state index in [1.807, 2.05) is 0 Å². The molecule has 1 aromatic carbocycles. The molecule has 0 aliphatic rings. The molecule has 0 saturated carbocycles. The van der Waals surface area contributed by atoms with Gasteiger partial charge in [-0.05, 0) is 24.1 Å². The molecular weight excluding hydrogens is 328 g/mol. The van der Waals surface area contributed by atoms with Crippen molar-refractivity contribution in [3.8, 4) is 5.75 Å². The van der Waals surface area contributed by atoms with Crippen LogP contribution in [0.4, 0.5) is 8.78 Å². The molecule has 4 nitrogen and oxygen atoms in total. The first-order valence-electron chi connectivity index (χ1n) is 6.62. The topological polar surface area (TPSA) is 63.3 Å². The highest BCUT2D eigenvalue weighted by Gasteiger charge is 2.18. The van der Waals surface area contributed by atoms with Crippen LogP contribution in [-0.2, 0) is 6.42 Å². The number of rotatable bonds is 2. The van der Waals surface area contributed by atoms with Gasteiger partial charge in [-0.2, -0.15) is 0 Å². The number of hydrogen-bond acceptors (Lipinski definition) is 4.